The maximum Gasteiger partial charge on any atom is 0.328 e. The van der Waals surface area contributed by atoms with Crippen LogP contribution in [-0.2, 0) is 38.4 Å². The largest absolute Gasteiger partial charge is 0.467 e. The number of methoxy groups -OCH3 is 1. The van der Waals surface area contributed by atoms with Gasteiger partial charge in [-0.05, 0) is 35.7 Å². The molecule has 204 valence electrons. The fourth-order valence-electron chi connectivity index (χ4n) is 3.88. The molecule has 1 saturated heterocycles. The number of hydrogen-bond acceptors (Lipinski definition) is 9. The number of H-pyrrole nitrogens is 1. The van der Waals surface area contributed by atoms with Crippen molar-refractivity contribution in [3.8, 4) is 11.5 Å². The number of nitrogens with zero attached hydrogens (tertiary/aromatic N) is 1. The van der Waals surface area contributed by atoms with Crippen LogP contribution >= 0.6 is 11.8 Å². The van der Waals surface area contributed by atoms with Crippen LogP contribution in [0.25, 0.3) is 0 Å². The predicted molar refractivity (Wildman–Crippen MR) is 139 cm³/mol. The summed E-state index contributed by atoms with van der Waals surface area (Å²) in [6.45, 7) is 0. The third kappa shape index (κ3) is 7.42. The van der Waals surface area contributed by atoms with Gasteiger partial charge in [-0.25, -0.2) is 14.2 Å². The van der Waals surface area contributed by atoms with Gasteiger partial charge in [0.15, 0.2) is 0 Å². The molecule has 3 aromatic rings. The Hall–Kier alpha value is -4.23. The molecule has 5 N–H and O–H groups in total. The molecule has 0 aliphatic carbocycles. The lowest BCUT2D eigenvalue weighted by atomic mass is 10.0. The Morgan fingerprint density at radius 3 is 2.51 bits per heavy atom. The highest BCUT2D eigenvalue weighted by atomic mass is 32.2. The van der Waals surface area contributed by atoms with Gasteiger partial charge in [0, 0.05) is 25.1 Å². The van der Waals surface area contributed by atoms with Crippen LogP contribution in [0, 0.1) is 5.82 Å². The van der Waals surface area contributed by atoms with Crippen LogP contribution in [0.4, 0.5) is 9.18 Å². The number of nitrogens with one attached hydrogen (secondary N) is 3. The maximum atomic E-state index is 14.9. The molecule has 4 rings (SSSR count). The van der Waals surface area contributed by atoms with E-state index in [-0.39, 0.29) is 35.3 Å². The number of nitrogens with two attached hydrogens (primary N) is 1. The molecule has 3 unspecified atom stereocenters. The molecule has 11 nitrogen and oxygen atoms in total. The highest BCUT2D eigenvalue weighted by Crippen LogP contribution is 2.27. The number of imidazole rings is 1. The van der Waals surface area contributed by atoms with Crippen LogP contribution in [0.3, 0.4) is 0 Å². The monoisotopic (exact) mass is 555 g/mol. The number of amides is 3. The third-order valence-corrected chi connectivity index (χ3v) is 6.90. The van der Waals surface area contributed by atoms with Crippen molar-refractivity contribution in [2.24, 2.45) is 5.73 Å². The lowest BCUT2D eigenvalue weighted by Gasteiger charge is -2.19. The van der Waals surface area contributed by atoms with E-state index < -0.39 is 35.0 Å². The van der Waals surface area contributed by atoms with Crippen molar-refractivity contribution in [2.45, 2.75) is 36.6 Å². The number of aromatic amines is 1. The first-order valence-corrected chi connectivity index (χ1v) is 12.8. The minimum Gasteiger partial charge on any atom is -0.467 e. The molecule has 3 amide bonds. The Morgan fingerprint density at radius 1 is 1.15 bits per heavy atom. The van der Waals surface area contributed by atoms with Crippen molar-refractivity contribution >= 4 is 34.8 Å². The van der Waals surface area contributed by atoms with E-state index in [1.165, 1.54) is 31.6 Å². The van der Waals surface area contributed by atoms with Crippen molar-refractivity contribution in [1.82, 2.24) is 20.6 Å². The van der Waals surface area contributed by atoms with Gasteiger partial charge in [0.2, 0.25) is 11.8 Å². The van der Waals surface area contributed by atoms with Crippen LogP contribution < -0.4 is 21.1 Å². The molecule has 1 aliphatic rings. The van der Waals surface area contributed by atoms with Gasteiger partial charge >= 0.3 is 5.97 Å². The molecule has 3 atom stereocenters. The normalized spacial score (nSPS) is 16.3. The molecular weight excluding hydrogens is 529 g/mol. The summed E-state index contributed by atoms with van der Waals surface area (Å²) in [5, 5.41) is 3.95. The van der Waals surface area contributed by atoms with E-state index in [4.69, 9.17) is 15.2 Å². The van der Waals surface area contributed by atoms with Crippen LogP contribution in [0.1, 0.15) is 16.8 Å². The van der Waals surface area contributed by atoms with Crippen LogP contribution in [0.15, 0.2) is 55.0 Å². The quantitative estimate of drug-likeness (QED) is 0.259. The minimum absolute atomic E-state index is 0.152. The molecule has 0 saturated carbocycles. The smallest absolute Gasteiger partial charge is 0.328 e. The summed E-state index contributed by atoms with van der Waals surface area (Å²) in [4.78, 5) is 54.7. The number of thioether (sulfide) groups is 1. The molecule has 0 radical (unpaired) electrons. The maximum absolute atomic E-state index is 14.9. The number of imide groups is 1. The minimum atomic E-state index is -1.16. The van der Waals surface area contributed by atoms with Gasteiger partial charge in [-0.1, -0.05) is 30.0 Å². The first kappa shape index (κ1) is 27.8. The number of carbonyl (C=O) groups is 4. The Kier molecular flexibility index (Phi) is 8.94. The molecule has 0 bridgehead atoms. The number of benzene rings is 2. The van der Waals surface area contributed by atoms with Gasteiger partial charge in [0.1, 0.15) is 23.4 Å². The van der Waals surface area contributed by atoms with Crippen molar-refractivity contribution in [1.29, 1.82) is 0 Å². The van der Waals surface area contributed by atoms with Crippen molar-refractivity contribution < 1.29 is 33.0 Å². The number of halogens is 1. The van der Waals surface area contributed by atoms with E-state index in [0.29, 0.717) is 17.9 Å². The summed E-state index contributed by atoms with van der Waals surface area (Å²) in [5.74, 6) is -1.63. The molecule has 1 fully saturated rings. The Balaban J connectivity index is 1.36. The number of ether oxygens (including phenoxy) is 2. The van der Waals surface area contributed by atoms with E-state index >= 15 is 0 Å². The molecule has 2 heterocycles. The number of carbonyl (C=O) groups excluding carboxylic acids is 4. The van der Waals surface area contributed by atoms with E-state index in [9.17, 15) is 23.6 Å². The zero-order valence-corrected chi connectivity index (χ0v) is 21.6. The van der Waals surface area contributed by atoms with E-state index in [2.05, 4.69) is 20.6 Å². The Morgan fingerprint density at radius 2 is 1.90 bits per heavy atom. The lowest BCUT2D eigenvalue weighted by molar-refractivity contribution is -0.145. The average Bonchev–Trinajstić information content (AvgIpc) is 3.54. The number of hydrogen-bond donors (Lipinski definition) is 4. The summed E-state index contributed by atoms with van der Waals surface area (Å²) in [6, 6.07) is 8.92. The zero-order chi connectivity index (χ0) is 27.9. The van der Waals surface area contributed by atoms with Gasteiger partial charge < -0.3 is 25.5 Å². The number of aromatic nitrogens is 2. The summed E-state index contributed by atoms with van der Waals surface area (Å²) in [7, 11) is 1.17. The number of rotatable bonds is 11. The van der Waals surface area contributed by atoms with Crippen molar-refractivity contribution in [2.75, 3.05) is 7.11 Å². The summed E-state index contributed by atoms with van der Waals surface area (Å²) in [5.41, 5.74) is 7.52. The fourth-order valence-corrected chi connectivity index (χ4v) is 4.74. The van der Waals surface area contributed by atoms with Gasteiger partial charge in [-0.15, -0.1) is 0 Å². The standard InChI is InChI=1S/C26H26FN5O6S/c1-37-25(35)21(31-23(33)20(28)10-16-12-29-13-30-16)9-15-4-7-18(11-19(15)27)38-17-5-2-14(3-6-17)8-22-24(34)32-26(36)39-22/h2-7,11-13,20-22H,8-10,28H2,1H3,(H,29,30)(H,31,33)(H,32,34,36). The summed E-state index contributed by atoms with van der Waals surface area (Å²) >= 11 is 0.956. The molecule has 1 aromatic heterocycles. The van der Waals surface area contributed by atoms with Crippen molar-refractivity contribution in [3.63, 3.8) is 0 Å². The summed E-state index contributed by atoms with van der Waals surface area (Å²) < 4.78 is 25.4. The molecular formula is C26H26FN5O6S. The molecule has 39 heavy (non-hydrogen) atoms. The summed E-state index contributed by atoms with van der Waals surface area (Å²) in [6.07, 6.45) is 3.45. The van der Waals surface area contributed by atoms with Crippen molar-refractivity contribution in [3.05, 3.63) is 77.6 Å². The molecule has 13 heteroatoms. The molecule has 0 spiro atoms. The second-order valence-corrected chi connectivity index (χ2v) is 9.92. The average molecular weight is 556 g/mol. The Bertz CT molecular complexity index is 1350. The second-order valence-electron chi connectivity index (χ2n) is 8.75. The number of esters is 1. The SMILES string of the molecule is COC(=O)C(Cc1ccc(Oc2ccc(CC3SC(=O)NC3=O)cc2)cc1F)NC(=O)C(N)Cc1c[nH]cn1. The van der Waals surface area contributed by atoms with Crippen LogP contribution in [0.5, 0.6) is 11.5 Å². The first-order valence-electron chi connectivity index (χ1n) is 11.9. The van der Waals surface area contributed by atoms with E-state index in [1.54, 1.807) is 30.5 Å². The Labute approximate surface area is 227 Å². The van der Waals surface area contributed by atoms with Gasteiger partial charge in [0.05, 0.1) is 30.4 Å². The highest BCUT2D eigenvalue weighted by molar-refractivity contribution is 8.15. The second kappa shape index (κ2) is 12.5. The van der Waals surface area contributed by atoms with Gasteiger partial charge in [0.25, 0.3) is 5.24 Å². The topological polar surface area (TPSA) is 166 Å². The van der Waals surface area contributed by atoms with E-state index in [0.717, 1.165) is 17.3 Å². The lowest BCUT2D eigenvalue weighted by Crippen LogP contribution is -2.50. The zero-order valence-electron chi connectivity index (χ0n) is 20.8. The molecule has 2 aromatic carbocycles. The fraction of sp³-hybridized carbons (Fsp3) is 0.269. The van der Waals surface area contributed by atoms with Gasteiger partial charge in [-0.3, -0.25) is 19.7 Å². The molecule has 1 aliphatic heterocycles. The highest BCUT2D eigenvalue weighted by Gasteiger charge is 2.31. The van der Waals surface area contributed by atoms with Gasteiger partial charge in [-0.2, -0.15) is 0 Å². The van der Waals surface area contributed by atoms with E-state index in [1.807, 2.05) is 0 Å². The first-order chi connectivity index (χ1) is 18.7. The van der Waals surface area contributed by atoms with Crippen LogP contribution in [-0.4, -0.2) is 57.4 Å². The predicted octanol–water partition coefficient (Wildman–Crippen LogP) is 2.01. The third-order valence-electron chi connectivity index (χ3n) is 5.92. The van der Waals surface area contributed by atoms with Crippen LogP contribution in [0.2, 0.25) is 0 Å².